The van der Waals surface area contributed by atoms with Crippen molar-refractivity contribution in [2.75, 3.05) is 18.1 Å². The zero-order valence-corrected chi connectivity index (χ0v) is 11.5. The van der Waals surface area contributed by atoms with Gasteiger partial charge >= 0.3 is 0 Å². The fourth-order valence-electron chi connectivity index (χ4n) is 2.52. The maximum absolute atomic E-state index is 11.5. The van der Waals surface area contributed by atoms with Crippen molar-refractivity contribution in [3.8, 4) is 0 Å². The predicted molar refractivity (Wildman–Crippen MR) is 73.0 cm³/mol. The molecule has 1 saturated carbocycles. The highest BCUT2D eigenvalue weighted by molar-refractivity contribution is 7.89. The van der Waals surface area contributed by atoms with Crippen LogP contribution in [-0.2, 0) is 10.0 Å². The molecule has 0 spiro atoms. The molecule has 0 aromatic carbocycles. The molecule has 1 heterocycles. The number of sulfonamides is 1. The summed E-state index contributed by atoms with van der Waals surface area (Å²) in [5, 5.41) is 3.46. The number of rotatable bonds is 5. The average molecular weight is 271 g/mol. The van der Waals surface area contributed by atoms with Crippen LogP contribution in [0.3, 0.4) is 0 Å². The van der Waals surface area contributed by atoms with Crippen LogP contribution in [0, 0.1) is 5.92 Å². The lowest BCUT2D eigenvalue weighted by atomic mass is 9.87. The summed E-state index contributed by atoms with van der Waals surface area (Å²) in [6.45, 7) is 0. The SMILES string of the molecule is CNS(=O)(=O)CC1CCC(Nc2cc[nH]c2)CC1. The quantitative estimate of drug-likeness (QED) is 0.760. The summed E-state index contributed by atoms with van der Waals surface area (Å²) >= 11 is 0. The van der Waals surface area contributed by atoms with E-state index in [1.807, 2.05) is 18.5 Å². The van der Waals surface area contributed by atoms with Gasteiger partial charge in [-0.25, -0.2) is 13.1 Å². The summed E-state index contributed by atoms with van der Waals surface area (Å²) in [4.78, 5) is 3.02. The van der Waals surface area contributed by atoms with Crippen LogP contribution in [-0.4, -0.2) is 32.2 Å². The van der Waals surface area contributed by atoms with Crippen molar-refractivity contribution >= 4 is 15.7 Å². The van der Waals surface area contributed by atoms with Crippen LogP contribution in [0.15, 0.2) is 18.5 Å². The van der Waals surface area contributed by atoms with Gasteiger partial charge < -0.3 is 10.3 Å². The number of aromatic nitrogens is 1. The second kappa shape index (κ2) is 5.75. The van der Waals surface area contributed by atoms with Gasteiger partial charge in [0.05, 0.1) is 11.4 Å². The highest BCUT2D eigenvalue weighted by Gasteiger charge is 2.24. The Labute approximate surface area is 108 Å². The minimum absolute atomic E-state index is 0.264. The van der Waals surface area contributed by atoms with Gasteiger partial charge in [-0.2, -0.15) is 0 Å². The van der Waals surface area contributed by atoms with Crippen LogP contribution in [0.1, 0.15) is 25.7 Å². The summed E-state index contributed by atoms with van der Waals surface area (Å²) in [7, 11) is -1.58. The van der Waals surface area contributed by atoms with Gasteiger partial charge in [0.15, 0.2) is 0 Å². The molecular weight excluding hydrogens is 250 g/mol. The number of H-pyrrole nitrogens is 1. The molecule has 5 nitrogen and oxygen atoms in total. The van der Waals surface area contributed by atoms with E-state index in [9.17, 15) is 8.42 Å². The summed E-state index contributed by atoms with van der Waals surface area (Å²) in [6, 6.07) is 2.48. The predicted octanol–water partition coefficient (Wildman–Crippen LogP) is 1.53. The molecule has 1 aromatic rings. The van der Waals surface area contributed by atoms with Gasteiger partial charge in [0.25, 0.3) is 0 Å². The van der Waals surface area contributed by atoms with Crippen LogP contribution >= 0.6 is 0 Å². The van der Waals surface area contributed by atoms with Gasteiger partial charge in [-0.1, -0.05) is 0 Å². The third-order valence-corrected chi connectivity index (χ3v) is 5.11. The topological polar surface area (TPSA) is 74.0 Å². The number of hydrogen-bond donors (Lipinski definition) is 3. The third kappa shape index (κ3) is 3.74. The average Bonchev–Trinajstić information content (AvgIpc) is 2.84. The first-order chi connectivity index (χ1) is 8.59. The van der Waals surface area contributed by atoms with Crippen LogP contribution in [0.2, 0.25) is 0 Å². The molecule has 0 radical (unpaired) electrons. The zero-order chi connectivity index (χ0) is 13.0. The number of anilines is 1. The summed E-state index contributed by atoms with van der Waals surface area (Å²) in [6.07, 6.45) is 7.86. The van der Waals surface area contributed by atoms with Gasteiger partial charge in [0.2, 0.25) is 10.0 Å². The molecule has 2 rings (SSSR count). The normalized spacial score (nSPS) is 24.9. The lowest BCUT2D eigenvalue weighted by molar-refractivity contribution is 0.361. The van der Waals surface area contributed by atoms with E-state index in [1.165, 1.54) is 7.05 Å². The van der Waals surface area contributed by atoms with Crippen molar-refractivity contribution < 1.29 is 8.42 Å². The fraction of sp³-hybridized carbons (Fsp3) is 0.667. The van der Waals surface area contributed by atoms with Crippen molar-refractivity contribution in [2.45, 2.75) is 31.7 Å². The first kappa shape index (κ1) is 13.4. The Morgan fingerprint density at radius 1 is 1.33 bits per heavy atom. The van der Waals surface area contributed by atoms with Crippen molar-refractivity contribution in [1.82, 2.24) is 9.71 Å². The van der Waals surface area contributed by atoms with Crippen LogP contribution in [0.5, 0.6) is 0 Å². The Morgan fingerprint density at radius 3 is 2.61 bits per heavy atom. The Morgan fingerprint density at radius 2 is 2.06 bits per heavy atom. The molecular formula is C12H21N3O2S. The van der Waals surface area contributed by atoms with Gasteiger partial charge in [-0.05, 0) is 44.7 Å². The summed E-state index contributed by atoms with van der Waals surface area (Å²) in [5.74, 6) is 0.562. The molecule has 0 aliphatic heterocycles. The van der Waals surface area contributed by atoms with E-state index in [-0.39, 0.29) is 5.75 Å². The molecule has 0 atom stereocenters. The lowest BCUT2D eigenvalue weighted by Crippen LogP contribution is -2.32. The van der Waals surface area contributed by atoms with E-state index < -0.39 is 10.0 Å². The van der Waals surface area contributed by atoms with Crippen LogP contribution in [0.25, 0.3) is 0 Å². The molecule has 1 fully saturated rings. The van der Waals surface area contributed by atoms with E-state index in [2.05, 4.69) is 15.0 Å². The molecule has 0 saturated heterocycles. The van der Waals surface area contributed by atoms with Crippen LogP contribution in [0.4, 0.5) is 5.69 Å². The molecule has 18 heavy (non-hydrogen) atoms. The first-order valence-corrected chi connectivity index (χ1v) is 8.05. The van der Waals surface area contributed by atoms with Crippen LogP contribution < -0.4 is 10.0 Å². The zero-order valence-electron chi connectivity index (χ0n) is 10.6. The first-order valence-electron chi connectivity index (χ1n) is 6.39. The number of aromatic amines is 1. The standard InChI is InChI=1S/C12H21N3O2S/c1-13-18(16,17)9-10-2-4-11(5-3-10)15-12-6-7-14-8-12/h6-8,10-11,13-15H,2-5,9H2,1H3. The Kier molecular flexibility index (Phi) is 4.29. The second-order valence-electron chi connectivity index (χ2n) is 4.95. The maximum atomic E-state index is 11.5. The van der Waals surface area contributed by atoms with Gasteiger partial charge in [-0.3, -0.25) is 0 Å². The smallest absolute Gasteiger partial charge is 0.211 e. The lowest BCUT2D eigenvalue weighted by Gasteiger charge is -2.29. The third-order valence-electron chi connectivity index (χ3n) is 3.58. The van der Waals surface area contributed by atoms with E-state index in [4.69, 9.17) is 0 Å². The van der Waals surface area contributed by atoms with Crippen molar-refractivity contribution in [2.24, 2.45) is 5.92 Å². The minimum atomic E-state index is -3.06. The molecule has 0 bridgehead atoms. The minimum Gasteiger partial charge on any atom is -0.381 e. The highest BCUT2D eigenvalue weighted by atomic mass is 32.2. The van der Waals surface area contributed by atoms with E-state index >= 15 is 0 Å². The van der Waals surface area contributed by atoms with Crippen molar-refractivity contribution in [3.63, 3.8) is 0 Å². The summed E-state index contributed by atoms with van der Waals surface area (Å²) < 4.78 is 25.3. The molecule has 0 unspecified atom stereocenters. The molecule has 0 amide bonds. The molecule has 1 aliphatic rings. The van der Waals surface area contributed by atoms with Gasteiger partial charge in [0.1, 0.15) is 0 Å². The van der Waals surface area contributed by atoms with E-state index in [1.54, 1.807) is 0 Å². The Balaban J connectivity index is 1.78. The van der Waals surface area contributed by atoms with Gasteiger partial charge in [-0.15, -0.1) is 0 Å². The Hall–Kier alpha value is -1.01. The fourth-order valence-corrected chi connectivity index (χ4v) is 3.64. The van der Waals surface area contributed by atoms with Crippen molar-refractivity contribution in [1.29, 1.82) is 0 Å². The largest absolute Gasteiger partial charge is 0.381 e. The number of nitrogens with one attached hydrogen (secondary N) is 3. The van der Waals surface area contributed by atoms with Crippen molar-refractivity contribution in [3.05, 3.63) is 18.5 Å². The highest BCUT2D eigenvalue weighted by Crippen LogP contribution is 2.27. The molecule has 102 valence electrons. The van der Waals surface area contributed by atoms with E-state index in [0.717, 1.165) is 31.4 Å². The van der Waals surface area contributed by atoms with E-state index in [0.29, 0.717) is 12.0 Å². The molecule has 3 N–H and O–H groups in total. The molecule has 1 aromatic heterocycles. The number of hydrogen-bond acceptors (Lipinski definition) is 3. The monoisotopic (exact) mass is 271 g/mol. The molecule has 1 aliphatic carbocycles. The maximum Gasteiger partial charge on any atom is 0.211 e. The molecule has 6 heteroatoms. The summed E-state index contributed by atoms with van der Waals surface area (Å²) in [5.41, 5.74) is 1.11. The van der Waals surface area contributed by atoms with Gasteiger partial charge in [0, 0.05) is 18.4 Å². The second-order valence-corrected chi connectivity index (χ2v) is 6.92. The Bertz CT molecular complexity index is 448.